The van der Waals surface area contributed by atoms with Gasteiger partial charge in [-0.25, -0.2) is 0 Å². The summed E-state index contributed by atoms with van der Waals surface area (Å²) in [5, 5.41) is 0. The van der Waals surface area contributed by atoms with Crippen LogP contribution in [0.3, 0.4) is 0 Å². The van der Waals surface area contributed by atoms with Gasteiger partial charge in [0.2, 0.25) is 5.91 Å². The highest BCUT2D eigenvalue weighted by atomic mass is 79.9. The van der Waals surface area contributed by atoms with E-state index in [1.54, 1.807) is 7.11 Å². The molecule has 1 heterocycles. The number of halogens is 1. The second kappa shape index (κ2) is 6.56. The van der Waals surface area contributed by atoms with Crippen molar-refractivity contribution in [2.24, 2.45) is 5.73 Å². The molecule has 2 rings (SSSR count). The first kappa shape index (κ1) is 15.3. The Morgan fingerprint density at radius 3 is 2.95 bits per heavy atom. The lowest BCUT2D eigenvalue weighted by molar-refractivity contribution is -0.142. The van der Waals surface area contributed by atoms with Crippen molar-refractivity contribution in [3.63, 3.8) is 0 Å². The third kappa shape index (κ3) is 3.71. The van der Waals surface area contributed by atoms with Crippen LogP contribution in [-0.4, -0.2) is 43.2 Å². The van der Waals surface area contributed by atoms with Crippen LogP contribution >= 0.6 is 15.9 Å². The van der Waals surface area contributed by atoms with Gasteiger partial charge in [0.15, 0.2) is 0 Å². The van der Waals surface area contributed by atoms with E-state index in [1.807, 2.05) is 25.1 Å². The van der Waals surface area contributed by atoms with Crippen molar-refractivity contribution in [2.75, 3.05) is 20.2 Å². The normalized spacial score (nSPS) is 23.6. The molecule has 1 amide bonds. The van der Waals surface area contributed by atoms with Gasteiger partial charge >= 0.3 is 0 Å². The van der Waals surface area contributed by atoms with Crippen LogP contribution in [0.15, 0.2) is 22.7 Å². The summed E-state index contributed by atoms with van der Waals surface area (Å²) >= 11 is 3.43. The van der Waals surface area contributed by atoms with E-state index in [1.165, 1.54) is 0 Å². The van der Waals surface area contributed by atoms with Gasteiger partial charge in [-0.2, -0.15) is 0 Å². The highest BCUT2D eigenvalue weighted by molar-refractivity contribution is 9.10. The summed E-state index contributed by atoms with van der Waals surface area (Å²) in [6, 6.07) is 5.93. The van der Waals surface area contributed by atoms with Crippen molar-refractivity contribution in [1.82, 2.24) is 4.90 Å². The lowest BCUT2D eigenvalue weighted by atomic mass is 10.1. The molecule has 0 spiro atoms. The molecule has 1 aromatic rings. The van der Waals surface area contributed by atoms with Gasteiger partial charge < -0.3 is 15.2 Å². The maximum Gasteiger partial charge on any atom is 0.247 e. The summed E-state index contributed by atoms with van der Waals surface area (Å²) in [5.41, 5.74) is 6.42. The number of methoxy groups -OCH3 is 1. The highest BCUT2D eigenvalue weighted by Gasteiger charge is 2.29. The molecule has 0 aromatic heterocycles. The van der Waals surface area contributed by atoms with Crippen LogP contribution < -0.4 is 10.5 Å². The lowest BCUT2D eigenvalue weighted by Crippen LogP contribution is -2.51. The van der Waals surface area contributed by atoms with Gasteiger partial charge in [-0.1, -0.05) is 22.0 Å². The predicted octanol–water partition coefficient (Wildman–Crippen LogP) is 1.53. The summed E-state index contributed by atoms with van der Waals surface area (Å²) in [4.78, 5) is 13.5. The van der Waals surface area contributed by atoms with Gasteiger partial charge in [-0.15, -0.1) is 0 Å². The number of rotatable bonds is 4. The SMILES string of the molecule is COc1cc(Br)ccc1CN1CC(C(N)=O)O[C@H](C)C1. The molecule has 6 heteroatoms. The number of hydrogen-bond acceptors (Lipinski definition) is 4. The fraction of sp³-hybridized carbons (Fsp3) is 0.500. The molecular formula is C14H19BrN2O3. The Kier molecular flexibility index (Phi) is 5.01. The Hall–Kier alpha value is -1.11. The van der Waals surface area contributed by atoms with E-state index in [2.05, 4.69) is 20.8 Å². The molecule has 1 aliphatic heterocycles. The fourth-order valence-corrected chi connectivity index (χ4v) is 2.76. The van der Waals surface area contributed by atoms with Crippen molar-refractivity contribution in [3.05, 3.63) is 28.2 Å². The number of carbonyl (C=O) groups is 1. The number of amides is 1. The van der Waals surface area contributed by atoms with E-state index in [4.69, 9.17) is 15.2 Å². The first-order valence-electron chi connectivity index (χ1n) is 6.49. The maximum atomic E-state index is 11.3. The van der Waals surface area contributed by atoms with Crippen LogP contribution in [0.4, 0.5) is 0 Å². The molecule has 1 aliphatic rings. The molecule has 2 atom stereocenters. The number of ether oxygens (including phenoxy) is 2. The first-order chi connectivity index (χ1) is 9.49. The Labute approximate surface area is 127 Å². The quantitative estimate of drug-likeness (QED) is 0.901. The number of primary amides is 1. The molecule has 110 valence electrons. The Morgan fingerprint density at radius 1 is 1.55 bits per heavy atom. The molecule has 5 nitrogen and oxygen atoms in total. The van der Waals surface area contributed by atoms with E-state index >= 15 is 0 Å². The zero-order valence-corrected chi connectivity index (χ0v) is 13.2. The van der Waals surface area contributed by atoms with Crippen LogP contribution in [0.1, 0.15) is 12.5 Å². The third-order valence-electron chi connectivity index (χ3n) is 3.30. The highest BCUT2D eigenvalue weighted by Crippen LogP contribution is 2.25. The van der Waals surface area contributed by atoms with Crippen LogP contribution in [0, 0.1) is 0 Å². The zero-order valence-electron chi connectivity index (χ0n) is 11.6. The van der Waals surface area contributed by atoms with E-state index in [0.717, 1.165) is 22.3 Å². The second-order valence-corrected chi connectivity index (χ2v) is 5.90. The van der Waals surface area contributed by atoms with E-state index in [-0.39, 0.29) is 6.10 Å². The number of morpholine rings is 1. The lowest BCUT2D eigenvalue weighted by Gasteiger charge is -2.35. The number of nitrogens with zero attached hydrogens (tertiary/aromatic N) is 1. The van der Waals surface area contributed by atoms with E-state index < -0.39 is 12.0 Å². The molecule has 1 aromatic carbocycles. The standard InChI is InChI=1S/C14H19BrN2O3/c1-9-6-17(8-13(20-9)14(16)18)7-10-3-4-11(15)5-12(10)19-2/h3-5,9,13H,6-8H2,1-2H3,(H2,16,18)/t9-,13?/m1/s1. The maximum absolute atomic E-state index is 11.3. The number of benzene rings is 1. The average molecular weight is 343 g/mol. The molecular weight excluding hydrogens is 324 g/mol. The number of hydrogen-bond donors (Lipinski definition) is 1. The van der Waals surface area contributed by atoms with Crippen molar-refractivity contribution in [1.29, 1.82) is 0 Å². The molecule has 1 unspecified atom stereocenters. The van der Waals surface area contributed by atoms with Gasteiger partial charge in [0.05, 0.1) is 13.2 Å². The third-order valence-corrected chi connectivity index (χ3v) is 3.79. The molecule has 1 fully saturated rings. The van der Waals surface area contributed by atoms with E-state index in [9.17, 15) is 4.79 Å². The van der Waals surface area contributed by atoms with Crippen molar-refractivity contribution < 1.29 is 14.3 Å². The summed E-state index contributed by atoms with van der Waals surface area (Å²) in [6.07, 6.45) is -0.553. The van der Waals surface area contributed by atoms with Crippen LogP contribution in [0.25, 0.3) is 0 Å². The molecule has 20 heavy (non-hydrogen) atoms. The molecule has 0 saturated carbocycles. The van der Waals surface area contributed by atoms with Crippen molar-refractivity contribution in [2.45, 2.75) is 25.7 Å². The fourth-order valence-electron chi connectivity index (χ4n) is 2.42. The minimum atomic E-state index is -0.541. The monoisotopic (exact) mass is 342 g/mol. The summed E-state index contributed by atoms with van der Waals surface area (Å²) in [7, 11) is 1.65. The summed E-state index contributed by atoms with van der Waals surface area (Å²) in [6.45, 7) is 3.93. The Bertz CT molecular complexity index is 495. The van der Waals surface area contributed by atoms with Crippen LogP contribution in [0.2, 0.25) is 0 Å². The van der Waals surface area contributed by atoms with Crippen molar-refractivity contribution >= 4 is 21.8 Å². The van der Waals surface area contributed by atoms with Gasteiger partial charge in [-0.3, -0.25) is 9.69 Å². The molecule has 0 aliphatic carbocycles. The van der Waals surface area contributed by atoms with Gasteiger partial charge in [0, 0.05) is 29.7 Å². The van der Waals surface area contributed by atoms with Gasteiger partial charge in [-0.05, 0) is 19.1 Å². The Balaban J connectivity index is 2.11. The number of nitrogens with two attached hydrogens (primary N) is 1. The zero-order chi connectivity index (χ0) is 14.7. The number of carbonyl (C=O) groups excluding carboxylic acids is 1. The van der Waals surface area contributed by atoms with Crippen molar-refractivity contribution in [3.8, 4) is 5.75 Å². The predicted molar refractivity (Wildman–Crippen MR) is 79.5 cm³/mol. The van der Waals surface area contributed by atoms with Gasteiger partial charge in [0.1, 0.15) is 11.9 Å². The molecule has 0 radical (unpaired) electrons. The van der Waals surface area contributed by atoms with E-state index in [0.29, 0.717) is 13.1 Å². The first-order valence-corrected chi connectivity index (χ1v) is 7.28. The summed E-state index contributed by atoms with van der Waals surface area (Å²) in [5.74, 6) is 0.415. The molecule has 0 bridgehead atoms. The topological polar surface area (TPSA) is 64.8 Å². The summed E-state index contributed by atoms with van der Waals surface area (Å²) < 4.78 is 11.9. The minimum absolute atomic E-state index is 0.0114. The minimum Gasteiger partial charge on any atom is -0.496 e. The van der Waals surface area contributed by atoms with Crippen LogP contribution in [-0.2, 0) is 16.1 Å². The van der Waals surface area contributed by atoms with Gasteiger partial charge in [0.25, 0.3) is 0 Å². The molecule has 1 saturated heterocycles. The largest absolute Gasteiger partial charge is 0.496 e. The molecule has 2 N–H and O–H groups in total. The van der Waals surface area contributed by atoms with Crippen LogP contribution in [0.5, 0.6) is 5.75 Å². The Morgan fingerprint density at radius 2 is 2.30 bits per heavy atom. The smallest absolute Gasteiger partial charge is 0.247 e. The average Bonchev–Trinajstić information content (AvgIpc) is 2.40. The second-order valence-electron chi connectivity index (χ2n) is 4.99.